The van der Waals surface area contributed by atoms with Gasteiger partial charge in [-0.05, 0) is 19.5 Å². The van der Waals surface area contributed by atoms with Gasteiger partial charge in [-0.2, -0.15) is 0 Å². The number of nitrogens with zero attached hydrogens (tertiary/aromatic N) is 1. The molecule has 0 atom stereocenters. The molecule has 0 aliphatic carbocycles. The Morgan fingerprint density at radius 1 is 1.78 bits per heavy atom. The highest BCUT2D eigenvalue weighted by atomic mass is 15.1. The van der Waals surface area contributed by atoms with Crippen molar-refractivity contribution < 1.29 is 0 Å². The second-order valence-electron chi connectivity index (χ2n) is 2.60. The Kier molecular flexibility index (Phi) is 1.93. The first kappa shape index (κ1) is 6.40. The average Bonchev–Trinajstić information content (AvgIpc) is 2.15. The lowest BCUT2D eigenvalue weighted by atomic mass is 10.3. The minimum Gasteiger partial charge on any atom is -0.373 e. The maximum Gasteiger partial charge on any atom is 0.0378 e. The van der Waals surface area contributed by atoms with E-state index in [1.165, 1.54) is 18.5 Å². The number of hydrogen-bond donors (Lipinski definition) is 0. The highest BCUT2D eigenvalue weighted by Crippen LogP contribution is 2.05. The van der Waals surface area contributed by atoms with Gasteiger partial charge < -0.3 is 4.90 Å². The fourth-order valence-electron chi connectivity index (χ4n) is 1.02. The summed E-state index contributed by atoms with van der Waals surface area (Å²) in [6.07, 6.45) is 5.55. The highest BCUT2D eigenvalue weighted by molar-refractivity contribution is 4.99. The molecule has 0 fully saturated rings. The maximum atomic E-state index is 3.84. The molecule has 0 radical (unpaired) electrons. The lowest BCUT2D eigenvalue weighted by Gasteiger charge is -2.13. The summed E-state index contributed by atoms with van der Waals surface area (Å²) in [4.78, 5) is 2.28. The van der Waals surface area contributed by atoms with Crippen LogP contribution in [0.15, 0.2) is 24.4 Å². The SMILES string of the molecule is C=C(C)CN1C=CCC1. The first-order valence-electron chi connectivity index (χ1n) is 3.34. The summed E-state index contributed by atoms with van der Waals surface area (Å²) in [5.41, 5.74) is 1.24. The van der Waals surface area contributed by atoms with E-state index in [4.69, 9.17) is 0 Å². The molecule has 0 bridgehead atoms. The van der Waals surface area contributed by atoms with Crippen molar-refractivity contribution in [2.75, 3.05) is 13.1 Å². The van der Waals surface area contributed by atoms with Crippen molar-refractivity contribution in [2.24, 2.45) is 0 Å². The van der Waals surface area contributed by atoms with Gasteiger partial charge in [-0.15, -0.1) is 0 Å². The van der Waals surface area contributed by atoms with Crippen molar-refractivity contribution in [1.82, 2.24) is 4.90 Å². The maximum absolute atomic E-state index is 3.84. The molecule has 0 saturated carbocycles. The van der Waals surface area contributed by atoms with Gasteiger partial charge >= 0.3 is 0 Å². The van der Waals surface area contributed by atoms with Crippen molar-refractivity contribution >= 4 is 0 Å². The molecule has 9 heavy (non-hydrogen) atoms. The molecule has 0 aromatic heterocycles. The molecule has 1 rings (SSSR count). The first-order chi connectivity index (χ1) is 4.29. The zero-order chi connectivity index (χ0) is 6.69. The Bertz CT molecular complexity index is 136. The molecular weight excluding hydrogens is 110 g/mol. The third kappa shape index (κ3) is 1.92. The van der Waals surface area contributed by atoms with Crippen LogP contribution in [0.3, 0.4) is 0 Å². The quantitative estimate of drug-likeness (QED) is 0.506. The highest BCUT2D eigenvalue weighted by Gasteiger charge is 2.01. The van der Waals surface area contributed by atoms with Gasteiger partial charge in [0, 0.05) is 13.1 Å². The first-order valence-corrected chi connectivity index (χ1v) is 3.34. The monoisotopic (exact) mass is 123 g/mol. The van der Waals surface area contributed by atoms with E-state index in [0.29, 0.717) is 0 Å². The molecule has 1 heteroatoms. The topological polar surface area (TPSA) is 3.24 Å². The largest absolute Gasteiger partial charge is 0.373 e. The van der Waals surface area contributed by atoms with Crippen LogP contribution in [0.2, 0.25) is 0 Å². The van der Waals surface area contributed by atoms with Crippen LogP contribution in [0, 0.1) is 0 Å². The van der Waals surface area contributed by atoms with Gasteiger partial charge in [0.15, 0.2) is 0 Å². The summed E-state index contributed by atoms with van der Waals surface area (Å²) in [5, 5.41) is 0. The van der Waals surface area contributed by atoms with Crippen LogP contribution in [0.4, 0.5) is 0 Å². The average molecular weight is 123 g/mol. The lowest BCUT2D eigenvalue weighted by Crippen LogP contribution is -2.15. The third-order valence-electron chi connectivity index (χ3n) is 1.37. The second kappa shape index (κ2) is 2.72. The van der Waals surface area contributed by atoms with Crippen molar-refractivity contribution in [3.63, 3.8) is 0 Å². The molecule has 50 valence electrons. The summed E-state index contributed by atoms with van der Waals surface area (Å²) in [6.45, 7) is 8.10. The second-order valence-corrected chi connectivity index (χ2v) is 2.60. The lowest BCUT2D eigenvalue weighted by molar-refractivity contribution is 0.441. The Labute approximate surface area is 56.7 Å². The molecule has 0 N–H and O–H groups in total. The Balaban J connectivity index is 2.28. The van der Waals surface area contributed by atoms with Gasteiger partial charge in [0.25, 0.3) is 0 Å². The van der Waals surface area contributed by atoms with Crippen LogP contribution in [-0.2, 0) is 0 Å². The molecule has 0 aromatic rings. The van der Waals surface area contributed by atoms with E-state index in [0.717, 1.165) is 6.54 Å². The predicted molar refractivity (Wildman–Crippen MR) is 40.1 cm³/mol. The summed E-state index contributed by atoms with van der Waals surface area (Å²) < 4.78 is 0. The van der Waals surface area contributed by atoms with Crippen LogP contribution in [0.5, 0.6) is 0 Å². The molecule has 0 amide bonds. The van der Waals surface area contributed by atoms with Gasteiger partial charge in [-0.3, -0.25) is 0 Å². The molecule has 1 aliphatic rings. The molecule has 1 heterocycles. The standard InChI is InChI=1S/C8H13N/c1-8(2)7-9-5-3-4-6-9/h3,5H,1,4,6-7H2,2H3. The van der Waals surface area contributed by atoms with Gasteiger partial charge in [0.2, 0.25) is 0 Å². The molecule has 0 spiro atoms. The van der Waals surface area contributed by atoms with Crippen LogP contribution >= 0.6 is 0 Å². The van der Waals surface area contributed by atoms with E-state index < -0.39 is 0 Å². The van der Waals surface area contributed by atoms with Gasteiger partial charge in [0.05, 0.1) is 0 Å². The van der Waals surface area contributed by atoms with E-state index >= 15 is 0 Å². The van der Waals surface area contributed by atoms with Crippen LogP contribution < -0.4 is 0 Å². The fraction of sp³-hybridized carbons (Fsp3) is 0.500. The van der Waals surface area contributed by atoms with E-state index in [1.807, 2.05) is 0 Å². The third-order valence-corrected chi connectivity index (χ3v) is 1.37. The van der Waals surface area contributed by atoms with Crippen molar-refractivity contribution in [3.8, 4) is 0 Å². The normalized spacial score (nSPS) is 16.8. The Morgan fingerprint density at radius 2 is 2.56 bits per heavy atom. The number of rotatable bonds is 2. The van der Waals surface area contributed by atoms with Crippen molar-refractivity contribution in [1.29, 1.82) is 0 Å². The summed E-state index contributed by atoms with van der Waals surface area (Å²) in [7, 11) is 0. The minimum absolute atomic E-state index is 1.02. The Morgan fingerprint density at radius 3 is 3.00 bits per heavy atom. The zero-order valence-corrected chi connectivity index (χ0v) is 5.93. The molecule has 1 aliphatic heterocycles. The zero-order valence-electron chi connectivity index (χ0n) is 5.93. The van der Waals surface area contributed by atoms with Crippen molar-refractivity contribution in [2.45, 2.75) is 13.3 Å². The summed E-state index contributed by atoms with van der Waals surface area (Å²) >= 11 is 0. The predicted octanol–water partition coefficient (Wildman–Crippen LogP) is 1.78. The summed E-state index contributed by atoms with van der Waals surface area (Å²) in [5.74, 6) is 0. The summed E-state index contributed by atoms with van der Waals surface area (Å²) in [6, 6.07) is 0. The van der Waals surface area contributed by atoms with Crippen LogP contribution in [0.1, 0.15) is 13.3 Å². The van der Waals surface area contributed by atoms with Crippen LogP contribution in [-0.4, -0.2) is 18.0 Å². The molecule has 0 unspecified atom stereocenters. The van der Waals surface area contributed by atoms with Crippen LogP contribution in [0.25, 0.3) is 0 Å². The van der Waals surface area contributed by atoms with E-state index in [2.05, 4.69) is 30.7 Å². The number of hydrogen-bond acceptors (Lipinski definition) is 1. The van der Waals surface area contributed by atoms with Gasteiger partial charge in [-0.25, -0.2) is 0 Å². The fourth-order valence-corrected chi connectivity index (χ4v) is 1.02. The molecular formula is C8H13N. The minimum atomic E-state index is 1.02. The molecule has 0 saturated heterocycles. The van der Waals surface area contributed by atoms with E-state index in [1.54, 1.807) is 0 Å². The molecule has 0 aromatic carbocycles. The van der Waals surface area contributed by atoms with Gasteiger partial charge in [0.1, 0.15) is 0 Å². The Hall–Kier alpha value is -0.720. The molecule has 1 nitrogen and oxygen atoms in total. The van der Waals surface area contributed by atoms with Crippen molar-refractivity contribution in [3.05, 3.63) is 24.4 Å². The van der Waals surface area contributed by atoms with Gasteiger partial charge in [-0.1, -0.05) is 18.2 Å². The van der Waals surface area contributed by atoms with E-state index in [9.17, 15) is 0 Å². The smallest absolute Gasteiger partial charge is 0.0378 e. The van der Waals surface area contributed by atoms with E-state index in [-0.39, 0.29) is 0 Å².